The van der Waals surface area contributed by atoms with Crippen molar-refractivity contribution < 1.29 is 4.79 Å². The predicted molar refractivity (Wildman–Crippen MR) is 44.7 cm³/mol. The molecule has 0 fully saturated rings. The molecule has 0 spiro atoms. The Kier molecular flexibility index (Phi) is 2.56. The number of alkyl halides is 1. The second-order valence-corrected chi connectivity index (χ2v) is 3.31. The van der Waals surface area contributed by atoms with E-state index < -0.39 is 0 Å². The molecule has 10 heavy (non-hydrogen) atoms. The largest absolute Gasteiger partial charge is 0.293 e. The topological polar surface area (TPSA) is 30.0 Å². The second kappa shape index (κ2) is 3.25. The van der Waals surface area contributed by atoms with Crippen LogP contribution in [0.4, 0.5) is 0 Å². The van der Waals surface area contributed by atoms with Gasteiger partial charge in [0.1, 0.15) is 5.69 Å². The molecule has 4 heteroatoms. The van der Waals surface area contributed by atoms with E-state index in [0.29, 0.717) is 11.0 Å². The number of thiazole rings is 1. The minimum Gasteiger partial charge on any atom is -0.293 e. The van der Waals surface area contributed by atoms with Gasteiger partial charge < -0.3 is 0 Å². The third-order valence-electron chi connectivity index (χ3n) is 1.10. The van der Waals surface area contributed by atoms with Crippen LogP contribution in [0, 0.1) is 0 Å². The smallest absolute Gasteiger partial charge is 0.179 e. The first-order valence-corrected chi connectivity index (χ1v) is 4.75. The number of nitrogens with zero attached hydrogens (tertiary/aromatic N) is 1. The van der Waals surface area contributed by atoms with Gasteiger partial charge in [-0.05, 0) is 0 Å². The molecule has 0 aromatic carbocycles. The van der Waals surface area contributed by atoms with Gasteiger partial charge in [0.05, 0.1) is 5.51 Å². The van der Waals surface area contributed by atoms with E-state index in [-0.39, 0.29) is 5.78 Å². The van der Waals surface area contributed by atoms with Crippen LogP contribution >= 0.6 is 27.3 Å². The predicted octanol–water partition coefficient (Wildman–Crippen LogP) is 2.24. The molecule has 2 nitrogen and oxygen atoms in total. The second-order valence-electron chi connectivity index (χ2n) is 1.81. The van der Waals surface area contributed by atoms with Gasteiger partial charge in [-0.3, -0.25) is 4.79 Å². The maximum Gasteiger partial charge on any atom is 0.179 e. The average molecular weight is 220 g/mol. The lowest BCUT2D eigenvalue weighted by Crippen LogP contribution is -1.94. The zero-order valence-electron chi connectivity index (χ0n) is 5.43. The van der Waals surface area contributed by atoms with E-state index in [9.17, 15) is 4.79 Å². The Morgan fingerprint density at radius 1 is 1.90 bits per heavy atom. The Bertz CT molecular complexity index is 246. The number of hydrogen-bond acceptors (Lipinski definition) is 3. The van der Waals surface area contributed by atoms with Gasteiger partial charge in [-0.1, -0.05) is 15.9 Å². The highest BCUT2D eigenvalue weighted by Gasteiger charge is 2.07. The van der Waals surface area contributed by atoms with Crippen molar-refractivity contribution in [1.29, 1.82) is 0 Å². The fraction of sp³-hybridized carbons (Fsp3) is 0.333. The van der Waals surface area contributed by atoms with E-state index in [4.69, 9.17) is 0 Å². The zero-order valence-corrected chi connectivity index (χ0v) is 7.83. The quantitative estimate of drug-likeness (QED) is 0.565. The number of hydrogen-bond donors (Lipinski definition) is 0. The van der Waals surface area contributed by atoms with Crippen molar-refractivity contribution in [3.05, 3.63) is 16.1 Å². The van der Waals surface area contributed by atoms with Crippen LogP contribution in [0.25, 0.3) is 0 Å². The summed E-state index contributed by atoms with van der Waals surface area (Å²) in [4.78, 5) is 15.7. The number of ketones is 1. The molecule has 1 heterocycles. The van der Waals surface area contributed by atoms with Crippen LogP contribution in [0.1, 0.15) is 22.3 Å². The summed E-state index contributed by atoms with van der Waals surface area (Å²) >= 11 is 4.77. The third-order valence-corrected chi connectivity index (χ3v) is 2.86. The number of Topliss-reactive ketones (excluding diaryl/α,β-unsaturated/α-hetero) is 1. The highest BCUT2D eigenvalue weighted by atomic mass is 79.9. The van der Waals surface area contributed by atoms with Crippen molar-refractivity contribution in [3.8, 4) is 0 Å². The van der Waals surface area contributed by atoms with Crippen LogP contribution in [-0.2, 0) is 5.33 Å². The lowest BCUT2D eigenvalue weighted by molar-refractivity contribution is 0.101. The normalized spacial score (nSPS) is 9.80. The number of carbonyl (C=O) groups excluding carboxylic acids is 1. The van der Waals surface area contributed by atoms with E-state index in [1.54, 1.807) is 5.51 Å². The zero-order chi connectivity index (χ0) is 7.56. The van der Waals surface area contributed by atoms with Gasteiger partial charge in [-0.15, -0.1) is 11.3 Å². The van der Waals surface area contributed by atoms with Gasteiger partial charge in [0.25, 0.3) is 0 Å². The van der Waals surface area contributed by atoms with E-state index in [0.717, 1.165) is 4.88 Å². The summed E-state index contributed by atoms with van der Waals surface area (Å²) in [5.74, 6) is 0.0377. The maximum absolute atomic E-state index is 10.8. The molecule has 0 aliphatic heterocycles. The summed E-state index contributed by atoms with van der Waals surface area (Å²) in [5, 5.41) is 0.715. The molecular weight excluding hydrogens is 214 g/mol. The van der Waals surface area contributed by atoms with Crippen molar-refractivity contribution in [2.45, 2.75) is 12.3 Å². The molecule has 0 amide bonds. The maximum atomic E-state index is 10.8. The molecule has 0 radical (unpaired) electrons. The fourth-order valence-electron chi connectivity index (χ4n) is 0.653. The van der Waals surface area contributed by atoms with Gasteiger partial charge in [0, 0.05) is 17.1 Å². The average Bonchev–Trinajstić information content (AvgIpc) is 2.33. The molecule has 0 bridgehead atoms. The Hall–Kier alpha value is -0.220. The Morgan fingerprint density at radius 3 is 3.00 bits per heavy atom. The van der Waals surface area contributed by atoms with Gasteiger partial charge in [-0.25, -0.2) is 4.98 Å². The molecule has 0 saturated heterocycles. The van der Waals surface area contributed by atoms with Gasteiger partial charge >= 0.3 is 0 Å². The third kappa shape index (κ3) is 1.44. The molecule has 1 aromatic heterocycles. The molecule has 0 saturated carbocycles. The molecule has 1 rings (SSSR count). The van der Waals surface area contributed by atoms with Crippen LogP contribution in [0.5, 0.6) is 0 Å². The number of carbonyl (C=O) groups is 1. The Labute approximate surface area is 71.4 Å². The first-order valence-electron chi connectivity index (χ1n) is 2.75. The monoisotopic (exact) mass is 219 g/mol. The van der Waals surface area contributed by atoms with E-state index in [2.05, 4.69) is 20.9 Å². The molecule has 1 aromatic rings. The van der Waals surface area contributed by atoms with Crippen LogP contribution in [0.3, 0.4) is 0 Å². The molecule has 54 valence electrons. The van der Waals surface area contributed by atoms with Crippen LogP contribution < -0.4 is 0 Å². The summed E-state index contributed by atoms with van der Waals surface area (Å²) in [6, 6.07) is 0. The SMILES string of the molecule is CC(=O)c1ncsc1CBr. The van der Waals surface area contributed by atoms with Gasteiger partial charge in [0.2, 0.25) is 0 Å². The first-order chi connectivity index (χ1) is 4.75. The summed E-state index contributed by atoms with van der Waals surface area (Å²) in [6.07, 6.45) is 0. The van der Waals surface area contributed by atoms with E-state index >= 15 is 0 Å². The van der Waals surface area contributed by atoms with E-state index in [1.807, 2.05) is 0 Å². The van der Waals surface area contributed by atoms with Gasteiger partial charge in [0.15, 0.2) is 5.78 Å². The van der Waals surface area contributed by atoms with Crippen molar-refractivity contribution in [3.63, 3.8) is 0 Å². The minimum atomic E-state index is 0.0377. The first kappa shape index (κ1) is 7.88. The van der Waals surface area contributed by atoms with Crippen LogP contribution in [-0.4, -0.2) is 10.8 Å². The van der Waals surface area contributed by atoms with Crippen molar-refractivity contribution in [1.82, 2.24) is 4.98 Å². The van der Waals surface area contributed by atoms with Crippen LogP contribution in [0.2, 0.25) is 0 Å². The van der Waals surface area contributed by atoms with Crippen molar-refractivity contribution in [2.24, 2.45) is 0 Å². The molecular formula is C6H6BrNOS. The Morgan fingerprint density at radius 2 is 2.60 bits per heavy atom. The number of aromatic nitrogens is 1. The lowest BCUT2D eigenvalue weighted by atomic mass is 10.3. The highest BCUT2D eigenvalue weighted by Crippen LogP contribution is 2.16. The molecule has 0 aliphatic rings. The molecule has 0 aliphatic carbocycles. The van der Waals surface area contributed by atoms with Crippen molar-refractivity contribution in [2.75, 3.05) is 0 Å². The summed E-state index contributed by atoms with van der Waals surface area (Å²) < 4.78 is 0. The summed E-state index contributed by atoms with van der Waals surface area (Å²) in [5.41, 5.74) is 2.29. The minimum absolute atomic E-state index is 0.0377. The molecule has 0 unspecified atom stereocenters. The van der Waals surface area contributed by atoms with Crippen LogP contribution in [0.15, 0.2) is 5.51 Å². The fourth-order valence-corrected chi connectivity index (χ4v) is 1.97. The highest BCUT2D eigenvalue weighted by molar-refractivity contribution is 9.08. The summed E-state index contributed by atoms with van der Waals surface area (Å²) in [6.45, 7) is 1.53. The number of halogens is 1. The molecule has 0 N–H and O–H groups in total. The number of rotatable bonds is 2. The summed E-state index contributed by atoms with van der Waals surface area (Å²) in [7, 11) is 0. The Balaban J connectivity index is 3.01. The van der Waals surface area contributed by atoms with Crippen molar-refractivity contribution >= 4 is 33.0 Å². The lowest BCUT2D eigenvalue weighted by Gasteiger charge is -1.89. The standard InChI is InChI=1S/C6H6BrNOS/c1-4(9)6-5(2-7)10-3-8-6/h3H,2H2,1H3. The molecule has 0 atom stereocenters. The van der Waals surface area contributed by atoms with Gasteiger partial charge in [-0.2, -0.15) is 0 Å². The van der Waals surface area contributed by atoms with E-state index in [1.165, 1.54) is 18.3 Å².